The van der Waals surface area contributed by atoms with E-state index in [4.69, 9.17) is 26.8 Å². The highest BCUT2D eigenvalue weighted by atomic mass is 35.5. The van der Waals surface area contributed by atoms with Crippen molar-refractivity contribution >= 4 is 34.1 Å². The number of carbonyl (C=O) groups is 1. The molecule has 1 aliphatic heterocycles. The predicted molar refractivity (Wildman–Crippen MR) is 93.5 cm³/mol. The van der Waals surface area contributed by atoms with Gasteiger partial charge in [0.15, 0.2) is 0 Å². The van der Waals surface area contributed by atoms with Crippen LogP contribution in [0.25, 0.3) is 10.9 Å². The molecule has 1 aromatic carbocycles. The van der Waals surface area contributed by atoms with Crippen molar-refractivity contribution in [3.05, 3.63) is 29.4 Å². The minimum atomic E-state index is -0.146. The van der Waals surface area contributed by atoms with E-state index >= 15 is 0 Å². The molecule has 1 saturated heterocycles. The third-order valence-corrected chi connectivity index (χ3v) is 4.40. The number of halogens is 1. The fourth-order valence-electron chi connectivity index (χ4n) is 2.79. The normalized spacial score (nSPS) is 20.8. The summed E-state index contributed by atoms with van der Waals surface area (Å²) in [5.41, 5.74) is 7.07. The Morgan fingerprint density at radius 1 is 1.50 bits per heavy atom. The Kier molecular flexibility index (Phi) is 5.18. The van der Waals surface area contributed by atoms with Crippen molar-refractivity contribution in [2.45, 2.75) is 31.4 Å². The van der Waals surface area contributed by atoms with E-state index in [-0.39, 0.29) is 24.5 Å². The van der Waals surface area contributed by atoms with Crippen LogP contribution in [-0.4, -0.2) is 36.8 Å². The summed E-state index contributed by atoms with van der Waals surface area (Å²) in [5.74, 6) is 0.527. The summed E-state index contributed by atoms with van der Waals surface area (Å²) in [7, 11) is 1.59. The first-order valence-corrected chi connectivity index (χ1v) is 8.24. The van der Waals surface area contributed by atoms with Gasteiger partial charge in [0.25, 0.3) is 0 Å². The van der Waals surface area contributed by atoms with Crippen molar-refractivity contribution in [2.75, 3.05) is 19.0 Å². The molecule has 1 aliphatic rings. The average molecular weight is 350 g/mol. The van der Waals surface area contributed by atoms with E-state index in [0.29, 0.717) is 23.1 Å². The summed E-state index contributed by atoms with van der Waals surface area (Å²) in [4.78, 5) is 16.7. The monoisotopic (exact) mass is 349 g/mol. The molecule has 0 bridgehead atoms. The smallest absolute Gasteiger partial charge is 0.227 e. The Labute approximate surface area is 145 Å². The molecule has 0 unspecified atom stereocenters. The molecular weight excluding hydrogens is 330 g/mol. The van der Waals surface area contributed by atoms with E-state index in [0.717, 1.165) is 23.7 Å². The zero-order valence-electron chi connectivity index (χ0n) is 13.4. The number of nitrogens with zero attached hydrogens (tertiary/aromatic N) is 1. The molecule has 128 valence electrons. The summed E-state index contributed by atoms with van der Waals surface area (Å²) in [6.45, 7) is 0.494. The Bertz CT molecular complexity index is 745. The predicted octanol–water partition coefficient (Wildman–Crippen LogP) is 2.73. The van der Waals surface area contributed by atoms with Crippen LogP contribution in [0.5, 0.6) is 5.75 Å². The summed E-state index contributed by atoms with van der Waals surface area (Å²) >= 11 is 6.24. The Morgan fingerprint density at radius 3 is 3.04 bits per heavy atom. The Morgan fingerprint density at radius 2 is 2.33 bits per heavy atom. The van der Waals surface area contributed by atoms with Gasteiger partial charge < -0.3 is 20.5 Å². The number of nitrogens with one attached hydrogen (secondary N) is 1. The molecule has 2 heterocycles. The second-order valence-corrected chi connectivity index (χ2v) is 6.32. The average Bonchev–Trinajstić information content (AvgIpc) is 2.59. The van der Waals surface area contributed by atoms with Gasteiger partial charge in [-0.15, -0.1) is 0 Å². The highest BCUT2D eigenvalue weighted by Gasteiger charge is 2.22. The van der Waals surface area contributed by atoms with Crippen LogP contribution in [0.1, 0.15) is 19.3 Å². The van der Waals surface area contributed by atoms with Gasteiger partial charge in [0.2, 0.25) is 5.91 Å². The number of ether oxygens (including phenoxy) is 2. The van der Waals surface area contributed by atoms with E-state index in [1.165, 1.54) is 6.20 Å². The van der Waals surface area contributed by atoms with Gasteiger partial charge in [0, 0.05) is 17.6 Å². The lowest BCUT2D eigenvalue weighted by atomic mass is 10.0. The first-order valence-electron chi connectivity index (χ1n) is 7.86. The van der Waals surface area contributed by atoms with Crippen LogP contribution < -0.4 is 15.8 Å². The number of nitrogens with two attached hydrogens (primary N) is 1. The van der Waals surface area contributed by atoms with Crippen LogP contribution in [0.15, 0.2) is 24.4 Å². The maximum absolute atomic E-state index is 12.4. The molecule has 1 aromatic heterocycles. The van der Waals surface area contributed by atoms with Gasteiger partial charge >= 0.3 is 0 Å². The summed E-state index contributed by atoms with van der Waals surface area (Å²) in [6, 6.07) is 5.51. The van der Waals surface area contributed by atoms with E-state index < -0.39 is 0 Å². The molecule has 3 N–H and O–H groups in total. The lowest BCUT2D eigenvalue weighted by Gasteiger charge is -2.26. The van der Waals surface area contributed by atoms with Gasteiger partial charge in [-0.3, -0.25) is 9.78 Å². The number of methoxy groups -OCH3 is 1. The van der Waals surface area contributed by atoms with Crippen LogP contribution >= 0.6 is 11.6 Å². The van der Waals surface area contributed by atoms with Crippen molar-refractivity contribution in [1.82, 2.24) is 4.98 Å². The van der Waals surface area contributed by atoms with Crippen LogP contribution in [0.3, 0.4) is 0 Å². The lowest BCUT2D eigenvalue weighted by Crippen LogP contribution is -2.37. The molecule has 2 atom stereocenters. The number of rotatable bonds is 4. The zero-order valence-corrected chi connectivity index (χ0v) is 14.2. The second-order valence-electron chi connectivity index (χ2n) is 5.91. The Hall–Kier alpha value is -1.89. The second kappa shape index (κ2) is 7.34. The summed E-state index contributed by atoms with van der Waals surface area (Å²) in [6.07, 6.45) is 3.35. The van der Waals surface area contributed by atoms with Gasteiger partial charge in [-0.2, -0.15) is 0 Å². The number of fused-ring (bicyclic) bond motifs is 1. The quantitative estimate of drug-likeness (QED) is 0.886. The van der Waals surface area contributed by atoms with Crippen molar-refractivity contribution in [1.29, 1.82) is 0 Å². The molecule has 1 fully saturated rings. The van der Waals surface area contributed by atoms with Crippen molar-refractivity contribution in [2.24, 2.45) is 5.73 Å². The van der Waals surface area contributed by atoms with Crippen molar-refractivity contribution < 1.29 is 14.3 Å². The molecule has 6 nitrogen and oxygen atoms in total. The standard InChI is InChI=1S/C17H20ClN3O3/c1-23-11-4-5-15-13(6-11)17(14(18)8-20-15)21-16(22)7-12-3-2-10(19)9-24-12/h4-6,8,10,12H,2-3,7,9,19H2,1H3,(H,20,21,22)/t10-,12+/m1/s1. The molecule has 0 saturated carbocycles. The number of anilines is 1. The van der Waals surface area contributed by atoms with Gasteiger partial charge in [-0.1, -0.05) is 11.6 Å². The summed E-state index contributed by atoms with van der Waals surface area (Å²) in [5, 5.41) is 4.01. The largest absolute Gasteiger partial charge is 0.497 e. The van der Waals surface area contributed by atoms with E-state index in [1.54, 1.807) is 13.2 Å². The number of hydrogen-bond donors (Lipinski definition) is 2. The highest BCUT2D eigenvalue weighted by molar-refractivity contribution is 6.35. The molecule has 24 heavy (non-hydrogen) atoms. The maximum atomic E-state index is 12.4. The van der Waals surface area contributed by atoms with Crippen molar-refractivity contribution in [3.8, 4) is 5.75 Å². The molecule has 0 aliphatic carbocycles. The first-order chi connectivity index (χ1) is 11.6. The van der Waals surface area contributed by atoms with Crippen LogP contribution in [0, 0.1) is 0 Å². The number of pyridine rings is 1. The molecule has 7 heteroatoms. The number of hydrogen-bond acceptors (Lipinski definition) is 5. The van der Waals surface area contributed by atoms with E-state index in [1.807, 2.05) is 12.1 Å². The van der Waals surface area contributed by atoms with Gasteiger partial charge in [0.1, 0.15) is 5.75 Å². The summed E-state index contributed by atoms with van der Waals surface area (Å²) < 4.78 is 10.8. The Balaban J connectivity index is 1.78. The molecule has 0 spiro atoms. The van der Waals surface area contributed by atoms with Gasteiger partial charge in [0.05, 0.1) is 42.5 Å². The highest BCUT2D eigenvalue weighted by Crippen LogP contribution is 2.32. The van der Waals surface area contributed by atoms with Gasteiger partial charge in [-0.25, -0.2) is 0 Å². The zero-order chi connectivity index (χ0) is 17.1. The van der Waals surface area contributed by atoms with E-state index in [2.05, 4.69) is 10.3 Å². The molecule has 3 rings (SSSR count). The topological polar surface area (TPSA) is 86.5 Å². The van der Waals surface area contributed by atoms with E-state index in [9.17, 15) is 4.79 Å². The number of carbonyl (C=O) groups excluding carboxylic acids is 1. The maximum Gasteiger partial charge on any atom is 0.227 e. The fraction of sp³-hybridized carbons (Fsp3) is 0.412. The molecule has 0 radical (unpaired) electrons. The van der Waals surface area contributed by atoms with Crippen molar-refractivity contribution in [3.63, 3.8) is 0 Å². The lowest BCUT2D eigenvalue weighted by molar-refractivity contribution is -0.120. The number of amides is 1. The molecular formula is C17H20ClN3O3. The van der Waals surface area contributed by atoms with Gasteiger partial charge in [-0.05, 0) is 31.0 Å². The SMILES string of the molecule is COc1ccc2ncc(Cl)c(NC(=O)C[C@@H]3CC[C@@H](N)CO3)c2c1. The molecule has 1 amide bonds. The molecule has 2 aromatic rings. The number of benzene rings is 1. The third-order valence-electron chi connectivity index (χ3n) is 4.11. The third kappa shape index (κ3) is 3.77. The van der Waals surface area contributed by atoms with Crippen LogP contribution in [-0.2, 0) is 9.53 Å². The first kappa shape index (κ1) is 17.0. The van der Waals surface area contributed by atoms with Crippen LogP contribution in [0.2, 0.25) is 5.02 Å². The van der Waals surface area contributed by atoms with Crippen LogP contribution in [0.4, 0.5) is 5.69 Å². The fourth-order valence-corrected chi connectivity index (χ4v) is 2.98. The number of aromatic nitrogens is 1. The minimum absolute atomic E-state index is 0.0651. The minimum Gasteiger partial charge on any atom is -0.497 e.